The highest BCUT2D eigenvalue weighted by atomic mass is 16.6. The van der Waals surface area contributed by atoms with Crippen LogP contribution in [0.1, 0.15) is 52.9 Å². The molecule has 3 fully saturated rings. The van der Waals surface area contributed by atoms with Crippen molar-refractivity contribution in [1.29, 1.82) is 0 Å². The van der Waals surface area contributed by atoms with Crippen molar-refractivity contribution < 1.29 is 9.53 Å². The fourth-order valence-electron chi connectivity index (χ4n) is 5.52. The summed E-state index contributed by atoms with van der Waals surface area (Å²) in [6.07, 6.45) is 9.33. The first-order valence-electron chi connectivity index (χ1n) is 8.51. The number of hydrogen-bond acceptors (Lipinski definition) is 2. The molecule has 0 aromatic rings. The molecule has 0 radical (unpaired) electrons. The highest BCUT2D eigenvalue weighted by Crippen LogP contribution is 2.65. The highest BCUT2D eigenvalue weighted by molar-refractivity contribution is 5.80. The van der Waals surface area contributed by atoms with Gasteiger partial charge in [0.05, 0.1) is 5.41 Å². The van der Waals surface area contributed by atoms with E-state index < -0.39 is 0 Å². The van der Waals surface area contributed by atoms with Crippen molar-refractivity contribution >= 4 is 5.97 Å². The number of esters is 1. The van der Waals surface area contributed by atoms with Crippen LogP contribution < -0.4 is 0 Å². The van der Waals surface area contributed by atoms with Crippen LogP contribution >= 0.6 is 0 Å². The summed E-state index contributed by atoms with van der Waals surface area (Å²) in [5.41, 5.74) is 2.32. The molecule has 2 saturated carbocycles. The fourth-order valence-corrected chi connectivity index (χ4v) is 5.52. The molecule has 22 heavy (non-hydrogen) atoms. The van der Waals surface area contributed by atoms with Gasteiger partial charge in [0.15, 0.2) is 0 Å². The summed E-state index contributed by atoms with van der Waals surface area (Å²) in [5.74, 6) is 0.812. The predicted octanol–water partition coefficient (Wildman–Crippen LogP) is 4.82. The molecule has 0 unspecified atom stereocenters. The van der Waals surface area contributed by atoms with E-state index in [0.29, 0.717) is 11.8 Å². The summed E-state index contributed by atoms with van der Waals surface area (Å²) in [6.45, 7) is 14.8. The van der Waals surface area contributed by atoms with E-state index in [2.05, 4.69) is 40.0 Å². The zero-order valence-electron chi connectivity index (χ0n) is 14.2. The van der Waals surface area contributed by atoms with Crippen LogP contribution in [0.4, 0.5) is 0 Å². The van der Waals surface area contributed by atoms with Gasteiger partial charge < -0.3 is 4.74 Å². The second kappa shape index (κ2) is 5.11. The molecule has 1 aliphatic heterocycles. The molecule has 1 heterocycles. The summed E-state index contributed by atoms with van der Waals surface area (Å²) < 4.78 is 5.78. The maximum absolute atomic E-state index is 12.5. The van der Waals surface area contributed by atoms with Crippen LogP contribution in [-0.4, -0.2) is 12.1 Å². The van der Waals surface area contributed by atoms with Crippen LogP contribution in [0.5, 0.6) is 0 Å². The minimum Gasteiger partial charge on any atom is -0.461 e. The van der Waals surface area contributed by atoms with Crippen LogP contribution in [0, 0.1) is 22.7 Å². The van der Waals surface area contributed by atoms with Gasteiger partial charge in [-0.1, -0.05) is 49.8 Å². The molecule has 0 aromatic carbocycles. The molecule has 0 amide bonds. The number of rotatable bonds is 3. The van der Waals surface area contributed by atoms with Gasteiger partial charge in [-0.2, -0.15) is 0 Å². The Labute approximate surface area is 134 Å². The molecule has 0 aromatic heterocycles. The molecule has 3 rings (SSSR count). The van der Waals surface area contributed by atoms with Crippen molar-refractivity contribution in [3.63, 3.8) is 0 Å². The number of carbonyl (C=O) groups is 1. The molecule has 120 valence electrons. The Hall–Kier alpha value is -1.31. The Kier molecular flexibility index (Phi) is 3.62. The maximum atomic E-state index is 12.5. The van der Waals surface area contributed by atoms with E-state index in [9.17, 15) is 4.79 Å². The molecule has 2 nitrogen and oxygen atoms in total. The Morgan fingerprint density at radius 1 is 1.41 bits per heavy atom. The lowest BCUT2D eigenvalue weighted by Crippen LogP contribution is -2.53. The van der Waals surface area contributed by atoms with Crippen LogP contribution in [0.3, 0.4) is 0 Å². The van der Waals surface area contributed by atoms with Crippen molar-refractivity contribution in [2.45, 2.75) is 59.0 Å². The first kappa shape index (κ1) is 15.6. The van der Waals surface area contributed by atoms with E-state index in [1.807, 2.05) is 6.08 Å². The second-order valence-electron chi connectivity index (χ2n) is 8.00. The third-order valence-electron chi connectivity index (χ3n) is 6.65. The Balaban J connectivity index is 1.98. The normalized spacial score (nSPS) is 44.5. The van der Waals surface area contributed by atoms with Gasteiger partial charge in [-0.15, -0.1) is 0 Å². The molecule has 2 aliphatic carbocycles. The molecule has 1 saturated heterocycles. The van der Waals surface area contributed by atoms with Crippen molar-refractivity contribution in [2.24, 2.45) is 22.7 Å². The van der Waals surface area contributed by atoms with E-state index in [4.69, 9.17) is 4.74 Å². The lowest BCUT2D eigenvalue weighted by atomic mass is 9.47. The van der Waals surface area contributed by atoms with E-state index >= 15 is 0 Å². The maximum Gasteiger partial charge on any atom is 0.312 e. The third kappa shape index (κ3) is 2.03. The van der Waals surface area contributed by atoms with Crippen molar-refractivity contribution in [1.82, 2.24) is 0 Å². The van der Waals surface area contributed by atoms with Gasteiger partial charge in [-0.25, -0.2) is 0 Å². The summed E-state index contributed by atoms with van der Waals surface area (Å²) in [7, 11) is 0. The summed E-state index contributed by atoms with van der Waals surface area (Å²) in [5, 5.41) is 0. The zero-order chi connectivity index (χ0) is 16.1. The summed E-state index contributed by atoms with van der Waals surface area (Å²) in [4.78, 5) is 12.5. The molecule has 2 heteroatoms. The molecule has 0 bridgehead atoms. The van der Waals surface area contributed by atoms with Crippen molar-refractivity contribution in [3.05, 3.63) is 36.5 Å². The average molecular weight is 300 g/mol. The van der Waals surface area contributed by atoms with Gasteiger partial charge in [-0.05, 0) is 44.4 Å². The van der Waals surface area contributed by atoms with E-state index in [-0.39, 0.29) is 22.9 Å². The third-order valence-corrected chi connectivity index (χ3v) is 6.65. The van der Waals surface area contributed by atoms with Crippen LogP contribution in [-0.2, 0) is 9.53 Å². The molecule has 5 atom stereocenters. The Morgan fingerprint density at radius 3 is 2.82 bits per heavy atom. The number of hydrogen-bond donors (Lipinski definition) is 0. The largest absolute Gasteiger partial charge is 0.461 e. The van der Waals surface area contributed by atoms with Gasteiger partial charge in [0, 0.05) is 12.3 Å². The minimum atomic E-state index is -0.284. The quantitative estimate of drug-likeness (QED) is 0.424. The molecule has 0 N–H and O–H groups in total. The SMILES string of the molecule is C=C/C(C)=C/C[C@H]1C(=C)C[C@H]2OC(=O)[C@@]3(C)CCC[C@@]1(C)[C@@H]23. The second-order valence-corrected chi connectivity index (χ2v) is 8.00. The average Bonchev–Trinajstić information content (AvgIpc) is 2.70. The predicted molar refractivity (Wildman–Crippen MR) is 89.3 cm³/mol. The minimum absolute atomic E-state index is 0.0275. The monoisotopic (exact) mass is 300 g/mol. The van der Waals surface area contributed by atoms with E-state index in [0.717, 1.165) is 25.7 Å². The topological polar surface area (TPSA) is 26.3 Å². The van der Waals surface area contributed by atoms with Gasteiger partial charge in [0.25, 0.3) is 0 Å². The van der Waals surface area contributed by atoms with Crippen molar-refractivity contribution in [3.8, 4) is 0 Å². The summed E-state index contributed by atoms with van der Waals surface area (Å²) in [6, 6.07) is 0. The van der Waals surface area contributed by atoms with Gasteiger partial charge >= 0.3 is 5.97 Å². The number of allylic oxidation sites excluding steroid dienone is 3. The van der Waals surface area contributed by atoms with Gasteiger partial charge in [0.2, 0.25) is 0 Å². The first-order valence-corrected chi connectivity index (χ1v) is 8.51. The molecular weight excluding hydrogens is 272 g/mol. The molecular formula is C20H28O2. The highest BCUT2D eigenvalue weighted by Gasteiger charge is 2.65. The Morgan fingerprint density at radius 2 is 2.14 bits per heavy atom. The van der Waals surface area contributed by atoms with E-state index in [1.54, 1.807) is 0 Å². The first-order chi connectivity index (χ1) is 10.3. The smallest absolute Gasteiger partial charge is 0.312 e. The van der Waals surface area contributed by atoms with Crippen LogP contribution in [0.15, 0.2) is 36.5 Å². The number of carbonyl (C=O) groups excluding carboxylic acids is 1. The van der Waals surface area contributed by atoms with Crippen LogP contribution in [0.2, 0.25) is 0 Å². The lowest BCUT2D eigenvalue weighted by Gasteiger charge is -2.55. The van der Waals surface area contributed by atoms with E-state index in [1.165, 1.54) is 17.6 Å². The molecule has 3 aliphatic rings. The number of ether oxygens (including phenoxy) is 1. The Bertz CT molecular complexity index is 558. The standard InChI is InChI=1S/C20H28O2/c1-6-13(2)8-9-15-14(3)12-16-17-19(15,4)10-7-11-20(17,5)18(21)22-16/h6,8,15-17H,1,3,7,9-12H2,2,4-5H3/b13-8+/t15-,16+,17+,19+,20-/m0/s1. The molecule has 0 spiro atoms. The lowest BCUT2D eigenvalue weighted by molar-refractivity contribution is -0.149. The van der Waals surface area contributed by atoms with Crippen LogP contribution in [0.25, 0.3) is 0 Å². The zero-order valence-corrected chi connectivity index (χ0v) is 14.2. The van der Waals surface area contributed by atoms with Crippen molar-refractivity contribution in [2.75, 3.05) is 0 Å². The van der Waals surface area contributed by atoms with Gasteiger partial charge in [0.1, 0.15) is 6.10 Å². The fraction of sp³-hybridized carbons (Fsp3) is 0.650. The van der Waals surface area contributed by atoms with Gasteiger partial charge in [-0.3, -0.25) is 4.79 Å². The summed E-state index contributed by atoms with van der Waals surface area (Å²) >= 11 is 0.